The third-order valence-corrected chi connectivity index (χ3v) is 11.2. The number of unbranched alkanes of at least 4 members (excludes halogenated alkanes) is 29. The molecule has 0 saturated heterocycles. The lowest BCUT2D eigenvalue weighted by Crippen LogP contribution is -2.13. The van der Waals surface area contributed by atoms with Crippen LogP contribution in [0.3, 0.4) is 0 Å². The summed E-state index contributed by atoms with van der Waals surface area (Å²) in [5, 5.41) is 9.39. The molecule has 0 fully saturated rings. The monoisotopic (exact) mass is 737 g/mol. The molecule has 312 valence electrons. The van der Waals surface area contributed by atoms with Crippen molar-refractivity contribution in [1.82, 2.24) is 0 Å². The topological polar surface area (TPSA) is 63.6 Å². The van der Waals surface area contributed by atoms with Gasteiger partial charge in [0.2, 0.25) is 0 Å². The lowest BCUT2D eigenvalue weighted by atomic mass is 9.94. The molecule has 0 rings (SSSR count). The Balaban J connectivity index is 0. The standard InChI is InChI=1S/2C24H48O2/c1-4-7-9-10-11-12-13-14-15-16-17-18-19-21-24(25)26-22-23(6-3)20-8-5-2;1-3-5-7-9-11-12-13-14-15-16-18-20-22-23(24(25)26)21-19-17-10-8-6-4-2/h23H,4-22H2,1-3H3;23H,3-22H2,1-2H3,(H,25,26). The Hall–Kier alpha value is -1.06. The number of carboxylic acid groups (broad SMARTS) is 1. The Kier molecular flexibility index (Phi) is 47.0. The Morgan fingerprint density at radius 3 is 1.02 bits per heavy atom. The van der Waals surface area contributed by atoms with Crippen LogP contribution in [0.25, 0.3) is 0 Å². The molecule has 2 atom stereocenters. The average molecular weight is 737 g/mol. The summed E-state index contributed by atoms with van der Waals surface area (Å²) < 4.78 is 5.46. The van der Waals surface area contributed by atoms with Gasteiger partial charge in [0.1, 0.15) is 0 Å². The maximum Gasteiger partial charge on any atom is 0.306 e. The Morgan fingerprint density at radius 2 is 0.712 bits per heavy atom. The minimum absolute atomic E-state index is 0.0167. The van der Waals surface area contributed by atoms with Gasteiger partial charge in [-0.05, 0) is 31.6 Å². The summed E-state index contributed by atoms with van der Waals surface area (Å²) in [6.45, 7) is 11.8. The Bertz CT molecular complexity index is 692. The molecule has 4 heteroatoms. The van der Waals surface area contributed by atoms with Gasteiger partial charge in [0, 0.05) is 6.42 Å². The molecule has 0 aromatic rings. The number of hydrogen-bond acceptors (Lipinski definition) is 3. The number of ether oxygens (including phenoxy) is 1. The van der Waals surface area contributed by atoms with Crippen LogP contribution >= 0.6 is 0 Å². The summed E-state index contributed by atoms with van der Waals surface area (Å²) in [5.41, 5.74) is 0. The van der Waals surface area contributed by atoms with Crippen molar-refractivity contribution >= 4 is 11.9 Å². The van der Waals surface area contributed by atoms with Crippen molar-refractivity contribution in [2.45, 2.75) is 279 Å². The minimum atomic E-state index is -0.568. The zero-order valence-corrected chi connectivity index (χ0v) is 36.4. The molecule has 2 unspecified atom stereocenters. The molecule has 4 nitrogen and oxygen atoms in total. The van der Waals surface area contributed by atoms with Crippen LogP contribution in [0, 0.1) is 11.8 Å². The highest BCUT2D eigenvalue weighted by Gasteiger charge is 2.16. The third-order valence-electron chi connectivity index (χ3n) is 11.2. The van der Waals surface area contributed by atoms with E-state index in [4.69, 9.17) is 4.74 Å². The van der Waals surface area contributed by atoms with Crippen LogP contribution < -0.4 is 0 Å². The molecule has 0 bridgehead atoms. The number of esters is 1. The SMILES string of the molecule is CCCCCCCCCCCCCCC(CCCCCCCC)C(=O)O.CCCCCCCCCCCCCCCC(=O)OCC(CC)CCCC. The van der Waals surface area contributed by atoms with Gasteiger partial charge in [-0.3, -0.25) is 9.59 Å². The average Bonchev–Trinajstić information content (AvgIpc) is 3.14. The predicted molar refractivity (Wildman–Crippen MR) is 229 cm³/mol. The summed E-state index contributed by atoms with van der Waals surface area (Å²) >= 11 is 0. The number of carbonyl (C=O) groups excluding carboxylic acids is 1. The lowest BCUT2D eigenvalue weighted by molar-refractivity contribution is -0.145. The zero-order valence-electron chi connectivity index (χ0n) is 36.4. The Morgan fingerprint density at radius 1 is 0.404 bits per heavy atom. The van der Waals surface area contributed by atoms with E-state index in [0.717, 1.165) is 38.5 Å². The molecule has 0 aromatic heterocycles. The van der Waals surface area contributed by atoms with Crippen molar-refractivity contribution in [2.75, 3.05) is 6.61 Å². The second-order valence-electron chi connectivity index (χ2n) is 16.4. The molecule has 0 aliphatic rings. The maximum atomic E-state index is 11.8. The molecule has 0 aromatic carbocycles. The fraction of sp³-hybridized carbons (Fsp3) is 0.958. The number of carbonyl (C=O) groups is 2. The molecule has 1 N–H and O–H groups in total. The van der Waals surface area contributed by atoms with Gasteiger partial charge in [0.05, 0.1) is 12.5 Å². The molecule has 0 heterocycles. The van der Waals surface area contributed by atoms with Crippen molar-refractivity contribution in [3.8, 4) is 0 Å². The highest BCUT2D eigenvalue weighted by molar-refractivity contribution is 5.70. The quantitative estimate of drug-likeness (QED) is 0.0501. The third kappa shape index (κ3) is 43.3. The molecule has 0 saturated carbocycles. The van der Waals surface area contributed by atoms with Crippen molar-refractivity contribution in [3.05, 3.63) is 0 Å². The Labute approximate surface area is 327 Å². The van der Waals surface area contributed by atoms with Crippen LogP contribution in [0.1, 0.15) is 279 Å². The molecule has 0 amide bonds. The van der Waals surface area contributed by atoms with Crippen LogP contribution in [0.15, 0.2) is 0 Å². The number of aliphatic carboxylic acids is 1. The summed E-state index contributed by atoms with van der Waals surface area (Å²) in [6.07, 6.45) is 48.2. The first-order chi connectivity index (χ1) is 25.5. The summed E-state index contributed by atoms with van der Waals surface area (Å²) in [4.78, 5) is 23.2. The van der Waals surface area contributed by atoms with Crippen molar-refractivity contribution < 1.29 is 19.4 Å². The van der Waals surface area contributed by atoms with Gasteiger partial charge in [-0.2, -0.15) is 0 Å². The fourth-order valence-corrected chi connectivity index (χ4v) is 7.26. The van der Waals surface area contributed by atoms with Crippen LogP contribution in [-0.4, -0.2) is 23.7 Å². The maximum absolute atomic E-state index is 11.8. The van der Waals surface area contributed by atoms with Crippen LogP contribution in [0.4, 0.5) is 0 Å². The van der Waals surface area contributed by atoms with E-state index in [9.17, 15) is 14.7 Å². The van der Waals surface area contributed by atoms with Gasteiger partial charge in [-0.1, -0.05) is 247 Å². The first kappa shape index (κ1) is 53.0. The smallest absolute Gasteiger partial charge is 0.306 e. The first-order valence-corrected chi connectivity index (χ1v) is 23.8. The van der Waals surface area contributed by atoms with E-state index in [1.165, 1.54) is 199 Å². The van der Waals surface area contributed by atoms with Crippen molar-refractivity contribution in [1.29, 1.82) is 0 Å². The molecule has 52 heavy (non-hydrogen) atoms. The number of hydrogen-bond donors (Lipinski definition) is 1. The largest absolute Gasteiger partial charge is 0.481 e. The van der Waals surface area contributed by atoms with Crippen LogP contribution in [-0.2, 0) is 14.3 Å². The second-order valence-corrected chi connectivity index (χ2v) is 16.4. The predicted octanol–water partition coefficient (Wildman–Crippen LogP) is 16.8. The van der Waals surface area contributed by atoms with E-state index in [0.29, 0.717) is 18.9 Å². The van der Waals surface area contributed by atoms with Crippen molar-refractivity contribution in [2.24, 2.45) is 11.8 Å². The molecule has 0 spiro atoms. The van der Waals surface area contributed by atoms with Gasteiger partial charge in [-0.15, -0.1) is 0 Å². The van der Waals surface area contributed by atoms with Crippen molar-refractivity contribution in [3.63, 3.8) is 0 Å². The first-order valence-electron chi connectivity index (χ1n) is 23.8. The zero-order chi connectivity index (χ0) is 38.6. The number of carboxylic acids is 1. The number of rotatable bonds is 41. The summed E-state index contributed by atoms with van der Waals surface area (Å²) in [6, 6.07) is 0. The molecular weight excluding hydrogens is 641 g/mol. The van der Waals surface area contributed by atoms with E-state index < -0.39 is 5.97 Å². The van der Waals surface area contributed by atoms with Gasteiger partial charge < -0.3 is 9.84 Å². The fourth-order valence-electron chi connectivity index (χ4n) is 7.26. The molecule has 0 radical (unpaired) electrons. The summed E-state index contributed by atoms with van der Waals surface area (Å²) in [7, 11) is 0. The molecular formula is C48H96O4. The van der Waals surface area contributed by atoms with Gasteiger partial charge in [0.25, 0.3) is 0 Å². The van der Waals surface area contributed by atoms with Crippen LogP contribution in [0.2, 0.25) is 0 Å². The minimum Gasteiger partial charge on any atom is -0.481 e. The highest BCUT2D eigenvalue weighted by atomic mass is 16.5. The highest BCUT2D eigenvalue weighted by Crippen LogP contribution is 2.20. The van der Waals surface area contributed by atoms with E-state index >= 15 is 0 Å². The molecule has 0 aliphatic heterocycles. The van der Waals surface area contributed by atoms with Crippen LogP contribution in [0.5, 0.6) is 0 Å². The van der Waals surface area contributed by atoms with E-state index in [1.54, 1.807) is 0 Å². The lowest BCUT2D eigenvalue weighted by Gasteiger charge is -2.14. The van der Waals surface area contributed by atoms with Gasteiger partial charge in [0.15, 0.2) is 0 Å². The molecule has 0 aliphatic carbocycles. The van der Waals surface area contributed by atoms with Gasteiger partial charge >= 0.3 is 11.9 Å². The second kappa shape index (κ2) is 46.1. The van der Waals surface area contributed by atoms with E-state index in [1.807, 2.05) is 0 Å². The summed E-state index contributed by atoms with van der Waals surface area (Å²) in [5.74, 6) is -0.0838. The van der Waals surface area contributed by atoms with E-state index in [-0.39, 0.29) is 11.9 Å². The van der Waals surface area contributed by atoms with E-state index in [2.05, 4.69) is 34.6 Å². The normalized spacial score (nSPS) is 12.3. The van der Waals surface area contributed by atoms with Gasteiger partial charge in [-0.25, -0.2) is 0 Å².